The molecule has 1 aromatic heterocycles. The molecule has 0 bridgehead atoms. The van der Waals surface area contributed by atoms with E-state index in [9.17, 15) is 4.79 Å². The summed E-state index contributed by atoms with van der Waals surface area (Å²) in [7, 11) is 1.27. The molecule has 70 valence electrons. The van der Waals surface area contributed by atoms with Gasteiger partial charge in [-0.2, -0.15) is 0 Å². The third-order valence-electron chi connectivity index (χ3n) is 1.49. The topological polar surface area (TPSA) is 65.2 Å². The van der Waals surface area contributed by atoms with E-state index >= 15 is 0 Å². The molecule has 2 N–H and O–H groups in total. The van der Waals surface area contributed by atoms with Crippen molar-refractivity contribution in [3.63, 3.8) is 0 Å². The molecule has 0 unspecified atom stereocenters. The fourth-order valence-corrected chi connectivity index (χ4v) is 1.02. The van der Waals surface area contributed by atoms with E-state index in [0.717, 1.165) is 0 Å². The molecule has 0 spiro atoms. The number of methoxy groups -OCH3 is 1. The number of rotatable bonds is 2. The molecule has 5 heteroatoms. The Morgan fingerprint density at radius 1 is 1.69 bits per heavy atom. The number of nitrogens with two attached hydrogens (primary N) is 1. The first-order chi connectivity index (χ1) is 6.19. The number of pyridine rings is 1. The lowest BCUT2D eigenvalue weighted by Gasteiger charge is -2.02. The van der Waals surface area contributed by atoms with Crippen LogP contribution in [0.25, 0.3) is 0 Å². The molecule has 0 aliphatic heterocycles. The summed E-state index contributed by atoms with van der Waals surface area (Å²) in [6.45, 7) is 0.265. The van der Waals surface area contributed by atoms with Crippen molar-refractivity contribution in [2.75, 3.05) is 7.11 Å². The van der Waals surface area contributed by atoms with Crippen molar-refractivity contribution in [1.82, 2.24) is 4.98 Å². The minimum atomic E-state index is -0.555. The molecule has 0 fully saturated rings. The molecule has 0 aromatic carbocycles. The predicted octanol–water partition coefficient (Wildman–Crippen LogP) is 0.980. The van der Waals surface area contributed by atoms with Crippen LogP contribution in [-0.2, 0) is 11.3 Å². The van der Waals surface area contributed by atoms with Crippen LogP contribution in [0, 0.1) is 0 Å². The Bertz CT molecular complexity index is 328. The molecule has 0 aliphatic carbocycles. The lowest BCUT2D eigenvalue weighted by molar-refractivity contribution is 0.0594. The molecule has 0 saturated carbocycles. The quantitative estimate of drug-likeness (QED) is 0.723. The van der Waals surface area contributed by atoms with Crippen molar-refractivity contribution in [2.24, 2.45) is 5.73 Å². The van der Waals surface area contributed by atoms with Gasteiger partial charge in [0.1, 0.15) is 0 Å². The lowest BCUT2D eigenvalue weighted by atomic mass is 10.3. The molecule has 0 atom stereocenters. The summed E-state index contributed by atoms with van der Waals surface area (Å²) in [5.41, 5.74) is 6.06. The third kappa shape index (κ3) is 2.17. The monoisotopic (exact) mass is 200 g/mol. The minimum Gasteiger partial charge on any atom is -0.464 e. The van der Waals surface area contributed by atoms with E-state index in [4.69, 9.17) is 17.3 Å². The molecule has 0 amide bonds. The van der Waals surface area contributed by atoms with E-state index in [0.29, 0.717) is 5.69 Å². The molecule has 13 heavy (non-hydrogen) atoms. The molecule has 0 aliphatic rings. The minimum absolute atomic E-state index is 0.104. The van der Waals surface area contributed by atoms with Crippen LogP contribution in [0.3, 0.4) is 0 Å². The van der Waals surface area contributed by atoms with E-state index in [2.05, 4.69) is 9.72 Å². The van der Waals surface area contributed by atoms with Gasteiger partial charge in [0.25, 0.3) is 0 Å². The Labute approximate surface area is 80.7 Å². The predicted molar refractivity (Wildman–Crippen MR) is 48.5 cm³/mol. The Hall–Kier alpha value is -1.13. The summed E-state index contributed by atoms with van der Waals surface area (Å²) in [5, 5.41) is 0.268. The Kier molecular flexibility index (Phi) is 3.22. The number of nitrogens with zero attached hydrogens (tertiary/aromatic N) is 1. The fraction of sp³-hybridized carbons (Fsp3) is 0.250. The van der Waals surface area contributed by atoms with E-state index in [1.807, 2.05) is 0 Å². The average molecular weight is 201 g/mol. The second-order valence-electron chi connectivity index (χ2n) is 2.33. The number of halogens is 1. The summed E-state index contributed by atoms with van der Waals surface area (Å²) in [6.07, 6.45) is 0. The number of carbonyl (C=O) groups excluding carboxylic acids is 1. The average Bonchev–Trinajstić information content (AvgIpc) is 2.17. The second-order valence-corrected chi connectivity index (χ2v) is 2.74. The molecule has 1 aromatic rings. The number of hydrogen-bond donors (Lipinski definition) is 1. The maximum absolute atomic E-state index is 11.1. The second kappa shape index (κ2) is 4.20. The highest BCUT2D eigenvalue weighted by molar-refractivity contribution is 6.33. The van der Waals surface area contributed by atoms with Gasteiger partial charge in [-0.05, 0) is 12.1 Å². The molecule has 4 nitrogen and oxygen atoms in total. The van der Waals surface area contributed by atoms with E-state index in [-0.39, 0.29) is 17.3 Å². The first kappa shape index (κ1) is 9.95. The van der Waals surface area contributed by atoms with Gasteiger partial charge in [-0.15, -0.1) is 0 Å². The van der Waals surface area contributed by atoms with Crippen LogP contribution >= 0.6 is 11.6 Å². The highest BCUT2D eigenvalue weighted by Crippen LogP contribution is 2.14. The Morgan fingerprint density at radius 2 is 2.38 bits per heavy atom. The number of hydrogen-bond acceptors (Lipinski definition) is 4. The fourth-order valence-electron chi connectivity index (χ4n) is 0.836. The summed E-state index contributed by atoms with van der Waals surface area (Å²) in [5.74, 6) is -0.555. The van der Waals surface area contributed by atoms with Crippen LogP contribution in [0.2, 0.25) is 5.02 Å². The summed E-state index contributed by atoms with van der Waals surface area (Å²) in [6, 6.07) is 3.23. The highest BCUT2D eigenvalue weighted by Gasteiger charge is 2.12. The smallest absolute Gasteiger partial charge is 0.358 e. The van der Waals surface area contributed by atoms with Crippen molar-refractivity contribution in [1.29, 1.82) is 0 Å². The van der Waals surface area contributed by atoms with Gasteiger partial charge in [0.2, 0.25) is 0 Å². The zero-order valence-electron chi connectivity index (χ0n) is 7.08. The van der Waals surface area contributed by atoms with Gasteiger partial charge in [-0.1, -0.05) is 11.6 Å². The Balaban J connectivity index is 3.11. The standard InChI is InChI=1S/C8H9ClN2O2/c1-13-8(12)7-6(9)3-2-5(4-10)11-7/h2-3H,4,10H2,1H3. The van der Waals surface area contributed by atoms with Crippen LogP contribution in [0.4, 0.5) is 0 Å². The molecular formula is C8H9ClN2O2. The zero-order chi connectivity index (χ0) is 9.84. The normalized spacial score (nSPS) is 9.77. The molecule has 0 radical (unpaired) electrons. The van der Waals surface area contributed by atoms with Crippen LogP contribution in [-0.4, -0.2) is 18.1 Å². The van der Waals surface area contributed by atoms with Gasteiger partial charge in [-0.25, -0.2) is 9.78 Å². The summed E-state index contributed by atoms with van der Waals surface area (Å²) >= 11 is 5.72. The van der Waals surface area contributed by atoms with E-state index in [1.165, 1.54) is 7.11 Å². The van der Waals surface area contributed by atoms with Crippen LogP contribution in [0.15, 0.2) is 12.1 Å². The molecule has 1 heterocycles. The van der Waals surface area contributed by atoms with Crippen LogP contribution in [0.5, 0.6) is 0 Å². The lowest BCUT2D eigenvalue weighted by Crippen LogP contribution is -2.09. The first-order valence-electron chi connectivity index (χ1n) is 3.63. The van der Waals surface area contributed by atoms with Gasteiger partial charge in [0, 0.05) is 6.54 Å². The van der Waals surface area contributed by atoms with Crippen molar-refractivity contribution in [3.05, 3.63) is 28.5 Å². The number of aromatic nitrogens is 1. The maximum atomic E-state index is 11.1. The zero-order valence-corrected chi connectivity index (χ0v) is 7.84. The number of ether oxygens (including phenoxy) is 1. The first-order valence-corrected chi connectivity index (χ1v) is 4.00. The van der Waals surface area contributed by atoms with Gasteiger partial charge < -0.3 is 10.5 Å². The summed E-state index contributed by atoms with van der Waals surface area (Å²) < 4.78 is 4.49. The molecule has 1 rings (SSSR count). The van der Waals surface area contributed by atoms with Crippen molar-refractivity contribution < 1.29 is 9.53 Å². The SMILES string of the molecule is COC(=O)c1nc(CN)ccc1Cl. The summed E-state index contributed by atoms with van der Waals surface area (Å²) in [4.78, 5) is 15.0. The molecular weight excluding hydrogens is 192 g/mol. The van der Waals surface area contributed by atoms with Crippen LogP contribution < -0.4 is 5.73 Å². The van der Waals surface area contributed by atoms with Gasteiger partial charge in [0.05, 0.1) is 17.8 Å². The van der Waals surface area contributed by atoms with Crippen LogP contribution in [0.1, 0.15) is 16.2 Å². The van der Waals surface area contributed by atoms with Gasteiger partial charge in [0.15, 0.2) is 5.69 Å². The van der Waals surface area contributed by atoms with E-state index in [1.54, 1.807) is 12.1 Å². The van der Waals surface area contributed by atoms with Crippen molar-refractivity contribution in [3.8, 4) is 0 Å². The number of carbonyl (C=O) groups is 1. The number of esters is 1. The largest absolute Gasteiger partial charge is 0.464 e. The van der Waals surface area contributed by atoms with Gasteiger partial charge in [-0.3, -0.25) is 0 Å². The van der Waals surface area contributed by atoms with Crippen molar-refractivity contribution >= 4 is 17.6 Å². The third-order valence-corrected chi connectivity index (χ3v) is 1.80. The van der Waals surface area contributed by atoms with Crippen molar-refractivity contribution in [2.45, 2.75) is 6.54 Å². The van der Waals surface area contributed by atoms with Gasteiger partial charge >= 0.3 is 5.97 Å². The Morgan fingerprint density at radius 3 is 2.92 bits per heavy atom. The maximum Gasteiger partial charge on any atom is 0.358 e. The van der Waals surface area contributed by atoms with E-state index < -0.39 is 5.97 Å². The highest BCUT2D eigenvalue weighted by atomic mass is 35.5. The molecule has 0 saturated heterocycles.